The van der Waals surface area contributed by atoms with E-state index in [9.17, 15) is 14.4 Å². The third-order valence-electron chi connectivity index (χ3n) is 5.44. The third kappa shape index (κ3) is 5.98. The van der Waals surface area contributed by atoms with E-state index in [0.29, 0.717) is 16.7 Å². The Labute approximate surface area is 199 Å². The van der Waals surface area contributed by atoms with Crippen molar-refractivity contribution in [3.05, 3.63) is 114 Å². The first-order valence-corrected chi connectivity index (χ1v) is 10.8. The van der Waals surface area contributed by atoms with Crippen molar-refractivity contribution < 1.29 is 23.9 Å². The van der Waals surface area contributed by atoms with E-state index in [1.54, 1.807) is 57.3 Å². The van der Waals surface area contributed by atoms with Gasteiger partial charge in [-0.05, 0) is 43.7 Å². The molecular formula is C28H27NO5. The van der Waals surface area contributed by atoms with Crippen molar-refractivity contribution in [1.29, 1.82) is 0 Å². The van der Waals surface area contributed by atoms with Crippen molar-refractivity contribution in [2.24, 2.45) is 0 Å². The highest BCUT2D eigenvalue weighted by Crippen LogP contribution is 2.26. The number of ether oxygens (including phenoxy) is 2. The van der Waals surface area contributed by atoms with E-state index in [2.05, 4.69) is 6.58 Å². The highest BCUT2D eigenvalue weighted by molar-refractivity contribution is 6.09. The lowest BCUT2D eigenvalue weighted by Crippen LogP contribution is -2.41. The maximum atomic E-state index is 12.6. The Hall–Kier alpha value is -4.19. The fourth-order valence-corrected chi connectivity index (χ4v) is 3.43. The van der Waals surface area contributed by atoms with E-state index in [4.69, 9.17) is 9.47 Å². The highest BCUT2D eigenvalue weighted by Gasteiger charge is 2.30. The van der Waals surface area contributed by atoms with Crippen LogP contribution in [0.4, 0.5) is 4.79 Å². The van der Waals surface area contributed by atoms with E-state index in [0.717, 1.165) is 5.56 Å². The summed E-state index contributed by atoms with van der Waals surface area (Å²) in [7, 11) is 1.63. The molecule has 0 saturated carbocycles. The molecule has 6 nitrogen and oxygen atoms in total. The van der Waals surface area contributed by atoms with Crippen molar-refractivity contribution in [3.63, 3.8) is 0 Å². The summed E-state index contributed by atoms with van der Waals surface area (Å²) in [5.41, 5.74) is 2.15. The molecule has 0 heterocycles. The van der Waals surface area contributed by atoms with Crippen molar-refractivity contribution >= 4 is 17.8 Å². The summed E-state index contributed by atoms with van der Waals surface area (Å²) in [5, 5.41) is 0. The maximum Gasteiger partial charge on any atom is 0.514 e. The van der Waals surface area contributed by atoms with Gasteiger partial charge < -0.3 is 14.4 Å². The average Bonchev–Trinajstić information content (AvgIpc) is 2.87. The van der Waals surface area contributed by atoms with Crippen LogP contribution < -0.4 is 4.74 Å². The number of ketones is 1. The molecule has 0 aliphatic heterocycles. The van der Waals surface area contributed by atoms with Crippen LogP contribution in [0.25, 0.3) is 0 Å². The van der Waals surface area contributed by atoms with Crippen molar-refractivity contribution in [3.8, 4) is 5.75 Å². The normalized spacial score (nSPS) is 12.2. The number of likely N-dealkylation sites (N-methyl/N-ethyl adjacent to an activating group) is 1. The number of amides is 1. The van der Waals surface area contributed by atoms with Gasteiger partial charge in [-0.1, -0.05) is 67.2 Å². The molecular weight excluding hydrogens is 430 g/mol. The number of carbonyl (C=O) groups excluding carboxylic acids is 3. The molecule has 0 aliphatic rings. The zero-order valence-electron chi connectivity index (χ0n) is 19.4. The summed E-state index contributed by atoms with van der Waals surface area (Å²) in [5.74, 6) is -0.137. The van der Waals surface area contributed by atoms with Crippen LogP contribution in [-0.4, -0.2) is 35.8 Å². The topological polar surface area (TPSA) is 72.9 Å². The van der Waals surface area contributed by atoms with Gasteiger partial charge in [0.25, 0.3) is 0 Å². The number of rotatable bonds is 8. The summed E-state index contributed by atoms with van der Waals surface area (Å²) in [6.45, 7) is 7.12. The molecule has 0 N–H and O–H groups in total. The quantitative estimate of drug-likeness (QED) is 0.191. The number of hydrogen-bond donors (Lipinski definition) is 0. The van der Waals surface area contributed by atoms with Gasteiger partial charge >= 0.3 is 6.16 Å². The molecule has 0 spiro atoms. The third-order valence-corrected chi connectivity index (χ3v) is 5.44. The van der Waals surface area contributed by atoms with Gasteiger partial charge in [0, 0.05) is 23.7 Å². The Balaban J connectivity index is 1.72. The largest absolute Gasteiger partial charge is 0.514 e. The second-order valence-electron chi connectivity index (χ2n) is 7.96. The van der Waals surface area contributed by atoms with Gasteiger partial charge in [0.15, 0.2) is 11.9 Å². The van der Waals surface area contributed by atoms with Crippen LogP contribution in [-0.2, 0) is 9.53 Å². The number of carbonyl (C=O) groups is 3. The fourth-order valence-electron chi connectivity index (χ4n) is 3.43. The zero-order chi connectivity index (χ0) is 24.7. The molecule has 0 aliphatic carbocycles. The van der Waals surface area contributed by atoms with Crippen LogP contribution in [0.1, 0.15) is 41.4 Å². The van der Waals surface area contributed by atoms with Gasteiger partial charge in [0.1, 0.15) is 5.75 Å². The Bertz CT molecular complexity index is 1160. The lowest BCUT2D eigenvalue weighted by molar-refractivity contribution is -0.130. The minimum absolute atomic E-state index is 0.127. The van der Waals surface area contributed by atoms with Crippen LogP contribution in [0, 0.1) is 0 Å². The molecule has 1 amide bonds. The van der Waals surface area contributed by atoms with Gasteiger partial charge in [0.2, 0.25) is 5.91 Å². The monoisotopic (exact) mass is 457 g/mol. The summed E-state index contributed by atoms with van der Waals surface area (Å²) in [6.07, 6.45) is -1.68. The lowest BCUT2D eigenvalue weighted by atomic mass is 10.0. The first-order valence-electron chi connectivity index (χ1n) is 10.8. The molecule has 6 heteroatoms. The van der Waals surface area contributed by atoms with Gasteiger partial charge in [-0.2, -0.15) is 0 Å². The molecule has 0 fully saturated rings. The number of nitrogens with zero attached hydrogens (tertiary/aromatic N) is 1. The molecule has 174 valence electrons. The first kappa shape index (κ1) is 24.5. The summed E-state index contributed by atoms with van der Waals surface area (Å²) >= 11 is 0. The fraction of sp³-hybridized carbons (Fsp3) is 0.179. The van der Waals surface area contributed by atoms with Crippen LogP contribution in [0.15, 0.2) is 97.1 Å². The van der Waals surface area contributed by atoms with Gasteiger partial charge in [-0.25, -0.2) is 4.79 Å². The molecule has 0 aromatic heterocycles. The minimum atomic E-state index is -0.918. The van der Waals surface area contributed by atoms with E-state index in [-0.39, 0.29) is 17.4 Å². The molecule has 3 aromatic carbocycles. The number of benzene rings is 3. The predicted molar refractivity (Wildman–Crippen MR) is 130 cm³/mol. The molecule has 34 heavy (non-hydrogen) atoms. The smallest absolute Gasteiger partial charge is 0.424 e. The second kappa shape index (κ2) is 11.1. The molecule has 2 unspecified atom stereocenters. The standard InChI is InChI=1S/C28H27NO5/c1-19(2)27(31)29(4)20(3)26(23-13-9-6-10-14-23)34-28(32)33-24-17-15-22(16-18-24)25(30)21-11-7-5-8-12-21/h5-18,20,26H,1H2,2-4H3. The van der Waals surface area contributed by atoms with Crippen molar-refractivity contribution in [2.45, 2.75) is 26.0 Å². The zero-order valence-corrected chi connectivity index (χ0v) is 19.4. The maximum absolute atomic E-state index is 12.6. The Morgan fingerprint density at radius 2 is 1.35 bits per heavy atom. The van der Waals surface area contributed by atoms with Gasteiger partial charge in [0.05, 0.1) is 6.04 Å². The second-order valence-corrected chi connectivity index (χ2v) is 7.96. The van der Waals surface area contributed by atoms with Gasteiger partial charge in [-0.3, -0.25) is 9.59 Å². The minimum Gasteiger partial charge on any atom is -0.424 e. The molecule has 0 bridgehead atoms. The Kier molecular flexibility index (Phi) is 7.98. The SMILES string of the molecule is C=C(C)C(=O)N(C)C(C)C(OC(=O)Oc1ccc(C(=O)c2ccccc2)cc1)c1ccccc1. The van der Waals surface area contributed by atoms with Crippen LogP contribution in [0.5, 0.6) is 5.75 Å². The van der Waals surface area contributed by atoms with E-state index in [1.807, 2.05) is 36.4 Å². The summed E-state index contributed by atoms with van der Waals surface area (Å²) in [4.78, 5) is 39.1. The molecule has 3 aromatic rings. The first-order chi connectivity index (χ1) is 16.3. The Morgan fingerprint density at radius 1 is 0.824 bits per heavy atom. The van der Waals surface area contributed by atoms with Crippen molar-refractivity contribution in [2.75, 3.05) is 7.05 Å². The van der Waals surface area contributed by atoms with Crippen LogP contribution in [0.2, 0.25) is 0 Å². The Morgan fingerprint density at radius 3 is 1.91 bits per heavy atom. The molecule has 3 rings (SSSR count). The van der Waals surface area contributed by atoms with Crippen LogP contribution in [0.3, 0.4) is 0 Å². The number of hydrogen-bond acceptors (Lipinski definition) is 5. The molecule has 0 radical (unpaired) electrons. The lowest BCUT2D eigenvalue weighted by Gasteiger charge is -2.31. The molecule has 0 saturated heterocycles. The summed E-state index contributed by atoms with van der Waals surface area (Å²) in [6, 6.07) is 23.8. The van der Waals surface area contributed by atoms with E-state index < -0.39 is 18.3 Å². The van der Waals surface area contributed by atoms with Crippen molar-refractivity contribution in [1.82, 2.24) is 4.90 Å². The van der Waals surface area contributed by atoms with Crippen LogP contribution >= 0.6 is 0 Å². The van der Waals surface area contributed by atoms with E-state index >= 15 is 0 Å². The highest BCUT2D eigenvalue weighted by atomic mass is 16.7. The summed E-state index contributed by atoms with van der Waals surface area (Å²) < 4.78 is 11.0. The molecule has 2 atom stereocenters. The van der Waals surface area contributed by atoms with E-state index in [1.165, 1.54) is 17.0 Å². The predicted octanol–water partition coefficient (Wildman–Crippen LogP) is 5.60. The van der Waals surface area contributed by atoms with Gasteiger partial charge in [-0.15, -0.1) is 0 Å². The average molecular weight is 458 g/mol.